The van der Waals surface area contributed by atoms with Crippen molar-refractivity contribution in [2.24, 2.45) is 4.99 Å². The number of ether oxygens (including phenoxy) is 1. The van der Waals surface area contributed by atoms with Gasteiger partial charge in [0.1, 0.15) is 5.75 Å². The zero-order valence-electron chi connectivity index (χ0n) is 19.9. The minimum Gasteiger partial charge on any atom is -0.484 e. The molecule has 0 aliphatic heterocycles. The van der Waals surface area contributed by atoms with Crippen LogP contribution in [0.1, 0.15) is 52.5 Å². The van der Waals surface area contributed by atoms with E-state index in [9.17, 15) is 4.79 Å². The van der Waals surface area contributed by atoms with Crippen LogP contribution in [-0.4, -0.2) is 68.2 Å². The Hall–Kier alpha value is -2.28. The smallest absolute Gasteiger partial charge is 0.258 e. The summed E-state index contributed by atoms with van der Waals surface area (Å²) in [5.74, 6) is 1.51. The van der Waals surface area contributed by atoms with Crippen LogP contribution in [0.2, 0.25) is 0 Å². The van der Waals surface area contributed by atoms with E-state index in [-0.39, 0.29) is 12.5 Å². The summed E-state index contributed by atoms with van der Waals surface area (Å²) < 4.78 is 5.55. The Morgan fingerprint density at radius 1 is 1.10 bits per heavy atom. The highest BCUT2D eigenvalue weighted by molar-refractivity contribution is 5.79. The quantitative estimate of drug-likeness (QED) is 0.254. The summed E-state index contributed by atoms with van der Waals surface area (Å²) in [5, 5.41) is 9.69. The van der Waals surface area contributed by atoms with Gasteiger partial charge in [0.15, 0.2) is 12.6 Å². The van der Waals surface area contributed by atoms with Crippen molar-refractivity contribution >= 4 is 11.9 Å². The summed E-state index contributed by atoms with van der Waals surface area (Å²) in [6.45, 7) is 11.8. The van der Waals surface area contributed by atoms with Crippen LogP contribution in [0.4, 0.5) is 0 Å². The van der Waals surface area contributed by atoms with Gasteiger partial charge in [0, 0.05) is 44.8 Å². The molecule has 3 N–H and O–H groups in total. The first kappa shape index (κ1) is 25.0. The van der Waals surface area contributed by atoms with Gasteiger partial charge in [-0.05, 0) is 71.1 Å². The maximum absolute atomic E-state index is 11.7. The summed E-state index contributed by atoms with van der Waals surface area (Å²) in [5.41, 5.74) is 1.21. The Morgan fingerprint density at radius 2 is 1.74 bits per heavy atom. The summed E-state index contributed by atoms with van der Waals surface area (Å²) in [6, 6.07) is 9.41. The average molecular weight is 432 g/mol. The molecule has 0 radical (unpaired) electrons. The third kappa shape index (κ3) is 10.0. The lowest BCUT2D eigenvalue weighted by Gasteiger charge is -2.30. The Kier molecular flexibility index (Phi) is 10.6. The van der Waals surface area contributed by atoms with Crippen LogP contribution in [0.25, 0.3) is 0 Å². The molecule has 0 atom stereocenters. The molecular formula is C24H41N5O2. The van der Waals surface area contributed by atoms with E-state index in [1.165, 1.54) is 5.56 Å². The molecule has 1 aliphatic carbocycles. The molecule has 1 fully saturated rings. The highest BCUT2D eigenvalue weighted by Gasteiger charge is 2.23. The molecule has 1 saturated carbocycles. The lowest BCUT2D eigenvalue weighted by Crippen LogP contribution is -2.41. The van der Waals surface area contributed by atoms with Gasteiger partial charge in [-0.1, -0.05) is 12.1 Å². The standard InChI is InChI=1S/C24H41N5O2/c1-18(2)29(19(3)4)16-6-14-26-24(25-5)27-15-13-20-7-11-22(12-8-20)31-17-23(30)28-21-9-10-21/h7-8,11-12,18-19,21H,6,9-10,13-17H2,1-5H3,(H,28,30)(H2,25,26,27). The Bertz CT molecular complexity index is 676. The average Bonchev–Trinajstić information content (AvgIpc) is 3.55. The van der Waals surface area contributed by atoms with E-state index in [4.69, 9.17) is 4.74 Å². The number of carbonyl (C=O) groups excluding carboxylic acids is 1. The number of hydrogen-bond donors (Lipinski definition) is 3. The van der Waals surface area contributed by atoms with Crippen molar-refractivity contribution in [3.63, 3.8) is 0 Å². The van der Waals surface area contributed by atoms with Gasteiger partial charge in [-0.2, -0.15) is 0 Å². The number of carbonyl (C=O) groups is 1. The predicted octanol–water partition coefficient (Wildman–Crippen LogP) is 2.56. The molecule has 7 nitrogen and oxygen atoms in total. The fourth-order valence-electron chi connectivity index (χ4n) is 3.53. The zero-order chi connectivity index (χ0) is 22.6. The van der Waals surface area contributed by atoms with Gasteiger partial charge in [-0.15, -0.1) is 0 Å². The van der Waals surface area contributed by atoms with Gasteiger partial charge in [-0.25, -0.2) is 0 Å². The second-order valence-corrected chi connectivity index (χ2v) is 8.73. The van der Waals surface area contributed by atoms with Crippen molar-refractivity contribution in [1.29, 1.82) is 0 Å². The molecule has 0 aromatic heterocycles. The van der Waals surface area contributed by atoms with Crippen molar-refractivity contribution in [2.45, 2.75) is 71.5 Å². The molecule has 174 valence electrons. The van der Waals surface area contributed by atoms with Crippen molar-refractivity contribution in [3.8, 4) is 5.75 Å². The van der Waals surface area contributed by atoms with Crippen molar-refractivity contribution < 1.29 is 9.53 Å². The molecule has 1 aromatic rings. The molecule has 31 heavy (non-hydrogen) atoms. The summed E-state index contributed by atoms with van der Waals surface area (Å²) in [6.07, 6.45) is 4.14. The monoisotopic (exact) mass is 431 g/mol. The molecule has 2 rings (SSSR count). The Labute approximate surface area is 188 Å². The number of benzene rings is 1. The van der Waals surface area contributed by atoms with Gasteiger partial charge in [0.2, 0.25) is 0 Å². The third-order valence-corrected chi connectivity index (χ3v) is 5.38. The zero-order valence-corrected chi connectivity index (χ0v) is 19.9. The number of aliphatic imine (C=N–C) groups is 1. The van der Waals surface area contributed by atoms with E-state index in [1.807, 2.05) is 24.3 Å². The van der Waals surface area contributed by atoms with Gasteiger partial charge < -0.3 is 20.7 Å². The van der Waals surface area contributed by atoms with E-state index < -0.39 is 0 Å². The van der Waals surface area contributed by atoms with Crippen LogP contribution < -0.4 is 20.7 Å². The normalized spacial score (nSPS) is 14.3. The van der Waals surface area contributed by atoms with Crippen LogP contribution >= 0.6 is 0 Å². The second kappa shape index (κ2) is 13.2. The van der Waals surface area contributed by atoms with Crippen LogP contribution in [0.5, 0.6) is 5.75 Å². The lowest BCUT2D eigenvalue weighted by atomic mass is 10.1. The van der Waals surface area contributed by atoms with E-state index in [0.29, 0.717) is 18.1 Å². The number of rotatable bonds is 13. The number of guanidine groups is 1. The first-order chi connectivity index (χ1) is 14.9. The lowest BCUT2D eigenvalue weighted by molar-refractivity contribution is -0.123. The van der Waals surface area contributed by atoms with E-state index in [1.54, 1.807) is 7.05 Å². The maximum Gasteiger partial charge on any atom is 0.258 e. The van der Waals surface area contributed by atoms with Crippen molar-refractivity contribution in [3.05, 3.63) is 29.8 Å². The number of amides is 1. The predicted molar refractivity (Wildman–Crippen MR) is 128 cm³/mol. The number of nitrogens with zero attached hydrogens (tertiary/aromatic N) is 2. The van der Waals surface area contributed by atoms with Crippen LogP contribution in [0.3, 0.4) is 0 Å². The fourth-order valence-corrected chi connectivity index (χ4v) is 3.53. The highest BCUT2D eigenvalue weighted by atomic mass is 16.5. The molecule has 0 saturated heterocycles. The SMILES string of the molecule is CN=C(NCCCN(C(C)C)C(C)C)NCCc1ccc(OCC(=O)NC2CC2)cc1. The molecule has 1 aliphatic rings. The molecule has 7 heteroatoms. The molecule has 0 heterocycles. The molecule has 0 spiro atoms. The first-order valence-corrected chi connectivity index (χ1v) is 11.6. The third-order valence-electron chi connectivity index (χ3n) is 5.38. The summed E-state index contributed by atoms with van der Waals surface area (Å²) in [7, 11) is 1.80. The van der Waals surface area contributed by atoms with E-state index >= 15 is 0 Å². The Morgan fingerprint density at radius 3 is 2.32 bits per heavy atom. The maximum atomic E-state index is 11.7. The molecule has 0 unspecified atom stereocenters. The van der Waals surface area contributed by atoms with E-state index in [0.717, 1.165) is 57.0 Å². The van der Waals surface area contributed by atoms with Crippen LogP contribution in [0, 0.1) is 0 Å². The molecule has 1 amide bonds. The molecule has 1 aromatic carbocycles. The largest absolute Gasteiger partial charge is 0.484 e. The minimum atomic E-state index is -0.0456. The van der Waals surface area contributed by atoms with Crippen molar-refractivity contribution in [1.82, 2.24) is 20.9 Å². The van der Waals surface area contributed by atoms with Gasteiger partial charge in [-0.3, -0.25) is 14.7 Å². The minimum absolute atomic E-state index is 0.0456. The second-order valence-electron chi connectivity index (χ2n) is 8.73. The molecule has 0 bridgehead atoms. The van der Waals surface area contributed by atoms with Crippen molar-refractivity contribution in [2.75, 3.05) is 33.3 Å². The number of nitrogens with one attached hydrogen (secondary N) is 3. The van der Waals surface area contributed by atoms with Gasteiger partial charge in [0.25, 0.3) is 5.91 Å². The van der Waals surface area contributed by atoms with Crippen LogP contribution in [0.15, 0.2) is 29.3 Å². The Balaban J connectivity index is 1.61. The fraction of sp³-hybridized carbons (Fsp3) is 0.667. The van der Waals surface area contributed by atoms with E-state index in [2.05, 4.69) is 53.5 Å². The first-order valence-electron chi connectivity index (χ1n) is 11.6. The van der Waals surface area contributed by atoms with Gasteiger partial charge in [0.05, 0.1) is 0 Å². The molecular weight excluding hydrogens is 390 g/mol. The summed E-state index contributed by atoms with van der Waals surface area (Å²) in [4.78, 5) is 18.5. The topological polar surface area (TPSA) is 78.0 Å². The summed E-state index contributed by atoms with van der Waals surface area (Å²) >= 11 is 0. The highest BCUT2D eigenvalue weighted by Crippen LogP contribution is 2.18. The van der Waals surface area contributed by atoms with Gasteiger partial charge >= 0.3 is 0 Å². The van der Waals surface area contributed by atoms with Crippen LogP contribution in [-0.2, 0) is 11.2 Å². The number of hydrogen-bond acceptors (Lipinski definition) is 4.